The molecule has 0 aromatic carbocycles. The van der Waals surface area contributed by atoms with Crippen LogP contribution in [-0.4, -0.2) is 51.0 Å². The summed E-state index contributed by atoms with van der Waals surface area (Å²) in [5, 5.41) is 11.9. The van der Waals surface area contributed by atoms with Gasteiger partial charge in [0.05, 0.1) is 0 Å². The largest absolute Gasteiger partial charge is 0.480 e. The molecule has 7 heteroatoms. The second-order valence-corrected chi connectivity index (χ2v) is 4.93. The Kier molecular flexibility index (Phi) is 3.87. The van der Waals surface area contributed by atoms with Gasteiger partial charge in [-0.25, -0.2) is 14.8 Å². The zero-order valence-corrected chi connectivity index (χ0v) is 11.8. The molecule has 1 atom stereocenters. The molecule has 0 spiro atoms. The molecule has 1 heterocycles. The summed E-state index contributed by atoms with van der Waals surface area (Å²) in [5.41, 5.74) is 0.883. The predicted molar refractivity (Wildman–Crippen MR) is 72.6 cm³/mol. The first kappa shape index (κ1) is 14.2. The number of anilines is 1. The lowest BCUT2D eigenvalue weighted by molar-refractivity contribution is -0.141. The molecule has 1 unspecified atom stereocenters. The Hall–Kier alpha value is -2.18. The van der Waals surface area contributed by atoms with Gasteiger partial charge < -0.3 is 15.3 Å². The number of carbonyl (C=O) groups is 2. The maximum atomic E-state index is 12.5. The number of aryl methyl sites for hydroxylation is 1. The Balaban J connectivity index is 2.32. The highest BCUT2D eigenvalue weighted by Gasteiger charge is 2.39. The average molecular weight is 278 g/mol. The Morgan fingerprint density at radius 2 is 2.10 bits per heavy atom. The molecule has 0 saturated heterocycles. The Morgan fingerprint density at radius 1 is 1.45 bits per heavy atom. The first-order valence-corrected chi connectivity index (χ1v) is 6.53. The van der Waals surface area contributed by atoms with Crippen molar-refractivity contribution in [2.24, 2.45) is 0 Å². The number of aromatic nitrogens is 2. The van der Waals surface area contributed by atoms with E-state index in [1.165, 1.54) is 11.8 Å². The van der Waals surface area contributed by atoms with Crippen molar-refractivity contribution in [1.82, 2.24) is 14.9 Å². The number of nitrogens with one attached hydrogen (secondary N) is 1. The third-order valence-electron chi connectivity index (χ3n) is 3.25. The number of carbonyl (C=O) groups excluding carboxylic acids is 1. The van der Waals surface area contributed by atoms with Crippen LogP contribution in [0.2, 0.25) is 0 Å². The van der Waals surface area contributed by atoms with Crippen LogP contribution in [0.25, 0.3) is 0 Å². The molecule has 1 aromatic rings. The minimum Gasteiger partial charge on any atom is -0.480 e. The number of amides is 1. The van der Waals surface area contributed by atoms with Gasteiger partial charge in [0, 0.05) is 18.8 Å². The first-order valence-electron chi connectivity index (χ1n) is 6.53. The molecule has 0 radical (unpaired) electrons. The fourth-order valence-corrected chi connectivity index (χ4v) is 2.05. The van der Waals surface area contributed by atoms with Crippen LogP contribution in [0.1, 0.15) is 35.9 Å². The minimum atomic E-state index is -1.01. The van der Waals surface area contributed by atoms with Crippen molar-refractivity contribution >= 4 is 17.8 Å². The zero-order chi connectivity index (χ0) is 14.9. The van der Waals surface area contributed by atoms with E-state index in [9.17, 15) is 9.59 Å². The van der Waals surface area contributed by atoms with E-state index in [0.717, 1.165) is 12.8 Å². The number of hydrogen-bond acceptors (Lipinski definition) is 5. The van der Waals surface area contributed by atoms with Crippen molar-refractivity contribution in [1.29, 1.82) is 0 Å². The van der Waals surface area contributed by atoms with Gasteiger partial charge in [0.2, 0.25) is 5.95 Å². The summed E-state index contributed by atoms with van der Waals surface area (Å²) < 4.78 is 0. The van der Waals surface area contributed by atoms with E-state index in [2.05, 4.69) is 15.3 Å². The van der Waals surface area contributed by atoms with Crippen LogP contribution < -0.4 is 5.32 Å². The van der Waals surface area contributed by atoms with Gasteiger partial charge in [-0.05, 0) is 32.8 Å². The van der Waals surface area contributed by atoms with Gasteiger partial charge in [-0.15, -0.1) is 0 Å². The summed E-state index contributed by atoms with van der Waals surface area (Å²) in [6.07, 6.45) is 1.68. The van der Waals surface area contributed by atoms with Gasteiger partial charge in [-0.3, -0.25) is 4.79 Å². The average Bonchev–Trinajstić information content (AvgIpc) is 3.22. The van der Waals surface area contributed by atoms with E-state index < -0.39 is 12.0 Å². The molecule has 1 amide bonds. The van der Waals surface area contributed by atoms with E-state index in [1.54, 1.807) is 20.0 Å². The normalized spacial score (nSPS) is 15.6. The summed E-state index contributed by atoms with van der Waals surface area (Å²) in [7, 11) is 1.67. The molecule has 1 aliphatic carbocycles. The molecule has 2 rings (SSSR count). The molecule has 1 saturated carbocycles. The standard InChI is InChI=1S/C13H18N4O3/c1-7-6-10(16-13(14-3)15-7)11(18)17(9-4-5-9)8(2)12(19)20/h6,8-9H,4-5H2,1-3H3,(H,19,20)(H,14,15,16). The number of nitrogens with zero attached hydrogens (tertiary/aromatic N) is 3. The highest BCUT2D eigenvalue weighted by molar-refractivity contribution is 5.95. The van der Waals surface area contributed by atoms with Crippen LogP contribution in [0.15, 0.2) is 6.07 Å². The van der Waals surface area contributed by atoms with Crippen molar-refractivity contribution in [3.8, 4) is 0 Å². The summed E-state index contributed by atoms with van der Waals surface area (Å²) in [4.78, 5) is 33.3. The summed E-state index contributed by atoms with van der Waals surface area (Å²) >= 11 is 0. The second-order valence-electron chi connectivity index (χ2n) is 4.93. The van der Waals surface area contributed by atoms with Crippen LogP contribution >= 0.6 is 0 Å². The summed E-state index contributed by atoms with van der Waals surface area (Å²) in [6.45, 7) is 3.28. The molecule has 2 N–H and O–H groups in total. The number of aliphatic carboxylic acids is 1. The van der Waals surface area contributed by atoms with Crippen LogP contribution in [0, 0.1) is 6.92 Å². The lowest BCUT2D eigenvalue weighted by Gasteiger charge is -2.26. The Morgan fingerprint density at radius 3 is 2.60 bits per heavy atom. The number of carboxylic acids is 1. The van der Waals surface area contributed by atoms with Gasteiger partial charge >= 0.3 is 5.97 Å². The smallest absolute Gasteiger partial charge is 0.326 e. The van der Waals surface area contributed by atoms with Crippen LogP contribution in [0.3, 0.4) is 0 Å². The molecule has 0 bridgehead atoms. The maximum absolute atomic E-state index is 12.5. The molecule has 108 valence electrons. The monoisotopic (exact) mass is 278 g/mol. The Labute approximate surface area is 117 Å². The van der Waals surface area contributed by atoms with E-state index in [0.29, 0.717) is 11.6 Å². The van der Waals surface area contributed by atoms with E-state index in [-0.39, 0.29) is 17.6 Å². The van der Waals surface area contributed by atoms with E-state index in [1.807, 2.05) is 0 Å². The van der Waals surface area contributed by atoms with Crippen molar-refractivity contribution in [3.05, 3.63) is 17.5 Å². The highest BCUT2D eigenvalue weighted by Crippen LogP contribution is 2.30. The van der Waals surface area contributed by atoms with Gasteiger partial charge in [-0.1, -0.05) is 0 Å². The van der Waals surface area contributed by atoms with Gasteiger partial charge in [0.25, 0.3) is 5.91 Å². The molecule has 7 nitrogen and oxygen atoms in total. The fraction of sp³-hybridized carbons (Fsp3) is 0.538. The van der Waals surface area contributed by atoms with Crippen molar-refractivity contribution in [3.63, 3.8) is 0 Å². The molecular weight excluding hydrogens is 260 g/mol. The van der Waals surface area contributed by atoms with Crippen molar-refractivity contribution in [2.45, 2.75) is 38.8 Å². The first-order chi connectivity index (χ1) is 9.43. The number of carboxylic acid groups (broad SMARTS) is 1. The third kappa shape index (κ3) is 2.87. The Bertz CT molecular complexity index is 542. The second kappa shape index (κ2) is 5.44. The lowest BCUT2D eigenvalue weighted by atomic mass is 10.2. The topological polar surface area (TPSA) is 95.4 Å². The van der Waals surface area contributed by atoms with Crippen LogP contribution in [-0.2, 0) is 4.79 Å². The highest BCUT2D eigenvalue weighted by atomic mass is 16.4. The summed E-state index contributed by atoms with van der Waals surface area (Å²) in [5.74, 6) is -1.01. The molecule has 1 aromatic heterocycles. The van der Waals surface area contributed by atoms with E-state index in [4.69, 9.17) is 5.11 Å². The van der Waals surface area contributed by atoms with Gasteiger partial charge in [-0.2, -0.15) is 0 Å². The maximum Gasteiger partial charge on any atom is 0.326 e. The predicted octanol–water partition coefficient (Wildman–Crippen LogP) is 0.904. The minimum absolute atomic E-state index is 0.00177. The molecular formula is C13H18N4O3. The number of hydrogen-bond donors (Lipinski definition) is 2. The van der Waals surface area contributed by atoms with Crippen LogP contribution in [0.5, 0.6) is 0 Å². The van der Waals surface area contributed by atoms with Gasteiger partial charge in [0.1, 0.15) is 11.7 Å². The lowest BCUT2D eigenvalue weighted by Crippen LogP contribution is -2.45. The molecule has 20 heavy (non-hydrogen) atoms. The SMILES string of the molecule is CNc1nc(C)cc(C(=O)N(C2CC2)C(C)C(=O)O)n1. The zero-order valence-electron chi connectivity index (χ0n) is 11.8. The van der Waals surface area contributed by atoms with E-state index >= 15 is 0 Å². The quantitative estimate of drug-likeness (QED) is 0.831. The van der Waals surface area contributed by atoms with Crippen molar-refractivity contribution in [2.75, 3.05) is 12.4 Å². The fourth-order valence-electron chi connectivity index (χ4n) is 2.05. The molecule has 1 fully saturated rings. The third-order valence-corrected chi connectivity index (χ3v) is 3.25. The van der Waals surface area contributed by atoms with Crippen LogP contribution in [0.4, 0.5) is 5.95 Å². The summed E-state index contributed by atoms with van der Waals surface area (Å²) in [6, 6.07) is 0.720. The van der Waals surface area contributed by atoms with Gasteiger partial charge in [0.15, 0.2) is 0 Å². The van der Waals surface area contributed by atoms with Crippen molar-refractivity contribution < 1.29 is 14.7 Å². The molecule has 1 aliphatic rings. The number of rotatable bonds is 5. The molecule has 0 aliphatic heterocycles.